The fourth-order valence-electron chi connectivity index (χ4n) is 2.67. The van der Waals surface area contributed by atoms with Crippen molar-refractivity contribution in [2.45, 2.75) is 31.8 Å². The number of fused-ring (bicyclic) bond motifs is 1. The van der Waals surface area contributed by atoms with Crippen LogP contribution in [-0.4, -0.2) is 22.1 Å². The molecule has 0 unspecified atom stereocenters. The smallest absolute Gasteiger partial charge is 0.124 e. The van der Waals surface area contributed by atoms with Crippen LogP contribution >= 0.6 is 0 Å². The third kappa shape index (κ3) is 1.98. The lowest BCUT2D eigenvalue weighted by Crippen LogP contribution is -2.27. The first-order valence-electron chi connectivity index (χ1n) is 6.43. The van der Waals surface area contributed by atoms with E-state index in [1.807, 2.05) is 18.2 Å². The fourth-order valence-corrected chi connectivity index (χ4v) is 2.67. The minimum absolute atomic E-state index is 0.376. The van der Waals surface area contributed by atoms with Gasteiger partial charge in [0.25, 0.3) is 0 Å². The Bertz CT molecular complexity index is 587. The molecular formula is C14H16N4. The Morgan fingerprint density at radius 2 is 2.33 bits per heavy atom. The molecule has 1 saturated heterocycles. The maximum atomic E-state index is 8.91. The summed E-state index contributed by atoms with van der Waals surface area (Å²) in [5, 5.41) is 12.4. The largest absolute Gasteiger partial charge is 0.326 e. The van der Waals surface area contributed by atoms with Crippen LogP contribution in [0.4, 0.5) is 0 Å². The van der Waals surface area contributed by atoms with E-state index < -0.39 is 0 Å². The maximum Gasteiger partial charge on any atom is 0.124 e. The van der Waals surface area contributed by atoms with Crippen molar-refractivity contribution in [2.75, 3.05) is 6.54 Å². The van der Waals surface area contributed by atoms with Gasteiger partial charge in [0.2, 0.25) is 0 Å². The minimum atomic E-state index is 0.376. The van der Waals surface area contributed by atoms with Gasteiger partial charge in [-0.15, -0.1) is 0 Å². The zero-order chi connectivity index (χ0) is 12.4. The summed E-state index contributed by atoms with van der Waals surface area (Å²) in [4.78, 5) is 4.56. The van der Waals surface area contributed by atoms with Gasteiger partial charge < -0.3 is 9.88 Å². The Balaban J connectivity index is 2.00. The van der Waals surface area contributed by atoms with E-state index in [9.17, 15) is 0 Å². The van der Waals surface area contributed by atoms with Crippen LogP contribution in [0, 0.1) is 11.3 Å². The van der Waals surface area contributed by atoms with Gasteiger partial charge in [-0.25, -0.2) is 4.98 Å². The maximum absolute atomic E-state index is 8.91. The molecule has 0 radical (unpaired) electrons. The highest BCUT2D eigenvalue weighted by molar-refractivity contribution is 5.76. The molecule has 0 aliphatic carbocycles. The van der Waals surface area contributed by atoms with Crippen LogP contribution in [0.1, 0.15) is 18.7 Å². The van der Waals surface area contributed by atoms with Gasteiger partial charge in [0.15, 0.2) is 0 Å². The predicted molar refractivity (Wildman–Crippen MR) is 70.1 cm³/mol. The third-order valence-electron chi connectivity index (χ3n) is 3.54. The predicted octanol–water partition coefficient (Wildman–Crippen LogP) is 1.85. The van der Waals surface area contributed by atoms with E-state index >= 15 is 0 Å². The third-order valence-corrected chi connectivity index (χ3v) is 3.54. The number of para-hydroxylation sites is 2. The highest BCUT2D eigenvalue weighted by atomic mass is 15.1. The van der Waals surface area contributed by atoms with Crippen LogP contribution in [-0.2, 0) is 13.0 Å². The first kappa shape index (κ1) is 11.2. The van der Waals surface area contributed by atoms with Crippen molar-refractivity contribution < 1.29 is 0 Å². The molecular weight excluding hydrogens is 224 g/mol. The number of hydrogen-bond acceptors (Lipinski definition) is 3. The van der Waals surface area contributed by atoms with Gasteiger partial charge in [0, 0.05) is 12.6 Å². The van der Waals surface area contributed by atoms with Crippen molar-refractivity contribution in [1.29, 1.82) is 5.26 Å². The molecule has 92 valence electrons. The van der Waals surface area contributed by atoms with Gasteiger partial charge in [-0.3, -0.25) is 0 Å². The van der Waals surface area contributed by atoms with Crippen LogP contribution < -0.4 is 5.32 Å². The molecule has 18 heavy (non-hydrogen) atoms. The van der Waals surface area contributed by atoms with Gasteiger partial charge >= 0.3 is 0 Å². The van der Waals surface area contributed by atoms with Gasteiger partial charge in [-0.1, -0.05) is 12.1 Å². The summed E-state index contributed by atoms with van der Waals surface area (Å²) in [6, 6.07) is 10.8. The van der Waals surface area contributed by atoms with Gasteiger partial charge in [-0.05, 0) is 31.5 Å². The average molecular weight is 240 g/mol. The number of aromatic nitrogens is 2. The second-order valence-corrected chi connectivity index (χ2v) is 4.76. The lowest BCUT2D eigenvalue weighted by atomic mass is 10.2. The second-order valence-electron chi connectivity index (χ2n) is 4.76. The molecule has 1 fully saturated rings. The van der Waals surface area contributed by atoms with Crippen molar-refractivity contribution in [3.8, 4) is 6.07 Å². The molecule has 3 rings (SSSR count). The molecule has 1 N–H and O–H groups in total. The molecule has 0 amide bonds. The molecule has 1 aliphatic heterocycles. The van der Waals surface area contributed by atoms with Crippen molar-refractivity contribution in [3.05, 3.63) is 30.1 Å². The van der Waals surface area contributed by atoms with Gasteiger partial charge in [-0.2, -0.15) is 5.26 Å². The Kier molecular flexibility index (Phi) is 2.99. The molecule has 0 saturated carbocycles. The monoisotopic (exact) mass is 240 g/mol. The lowest BCUT2D eigenvalue weighted by Gasteiger charge is -2.13. The number of rotatable bonds is 3. The SMILES string of the molecule is N#CCc1nc2ccccc2n1C[C@H]1CCCN1. The van der Waals surface area contributed by atoms with Gasteiger partial charge in [0.1, 0.15) is 5.82 Å². The molecule has 0 bridgehead atoms. The molecule has 1 aromatic carbocycles. The number of nitriles is 1. The summed E-state index contributed by atoms with van der Waals surface area (Å²) in [5.41, 5.74) is 2.12. The lowest BCUT2D eigenvalue weighted by molar-refractivity contribution is 0.508. The molecule has 4 nitrogen and oxygen atoms in total. The quantitative estimate of drug-likeness (QED) is 0.890. The zero-order valence-electron chi connectivity index (χ0n) is 10.3. The zero-order valence-corrected chi connectivity index (χ0v) is 10.3. The summed E-state index contributed by atoms with van der Waals surface area (Å²) in [6.45, 7) is 2.02. The summed E-state index contributed by atoms with van der Waals surface area (Å²) in [5.74, 6) is 0.882. The summed E-state index contributed by atoms with van der Waals surface area (Å²) >= 11 is 0. The average Bonchev–Trinajstić information content (AvgIpc) is 3.00. The number of benzene rings is 1. The fraction of sp³-hybridized carbons (Fsp3) is 0.429. The van der Waals surface area contributed by atoms with Crippen LogP contribution in [0.3, 0.4) is 0 Å². The number of nitrogens with zero attached hydrogens (tertiary/aromatic N) is 3. The standard InChI is InChI=1S/C14H16N4/c15-8-7-14-17-12-5-1-2-6-13(12)18(14)10-11-4-3-9-16-11/h1-2,5-6,11,16H,3-4,7,9-10H2/t11-/m1/s1. The van der Waals surface area contributed by atoms with E-state index in [2.05, 4.69) is 27.0 Å². The van der Waals surface area contributed by atoms with E-state index in [-0.39, 0.29) is 0 Å². The summed E-state index contributed by atoms with van der Waals surface area (Å²) in [7, 11) is 0. The molecule has 2 aromatic rings. The summed E-state index contributed by atoms with van der Waals surface area (Å²) in [6.07, 6.45) is 2.82. The van der Waals surface area contributed by atoms with Crippen molar-refractivity contribution in [3.63, 3.8) is 0 Å². The molecule has 1 aromatic heterocycles. The van der Waals surface area contributed by atoms with Crippen LogP contribution in [0.15, 0.2) is 24.3 Å². The molecule has 0 spiro atoms. The van der Waals surface area contributed by atoms with Crippen LogP contribution in [0.5, 0.6) is 0 Å². The minimum Gasteiger partial charge on any atom is -0.326 e. The van der Waals surface area contributed by atoms with Crippen LogP contribution in [0.25, 0.3) is 11.0 Å². The number of imidazole rings is 1. The first-order chi connectivity index (χ1) is 8.88. The van der Waals surface area contributed by atoms with Crippen molar-refractivity contribution >= 4 is 11.0 Å². The molecule has 1 aliphatic rings. The first-order valence-corrected chi connectivity index (χ1v) is 6.43. The van der Waals surface area contributed by atoms with Crippen LogP contribution in [0.2, 0.25) is 0 Å². The van der Waals surface area contributed by atoms with E-state index in [0.29, 0.717) is 12.5 Å². The topological polar surface area (TPSA) is 53.6 Å². The normalized spacial score (nSPS) is 19.2. The van der Waals surface area contributed by atoms with Crippen molar-refractivity contribution in [1.82, 2.24) is 14.9 Å². The van der Waals surface area contributed by atoms with E-state index in [4.69, 9.17) is 5.26 Å². The molecule has 2 heterocycles. The molecule has 1 atom stereocenters. The van der Waals surface area contributed by atoms with E-state index in [0.717, 1.165) is 29.9 Å². The molecule has 4 heteroatoms. The van der Waals surface area contributed by atoms with E-state index in [1.165, 1.54) is 12.8 Å². The van der Waals surface area contributed by atoms with Crippen molar-refractivity contribution in [2.24, 2.45) is 0 Å². The summed E-state index contributed by atoms with van der Waals surface area (Å²) < 4.78 is 2.20. The number of nitrogens with one attached hydrogen (secondary N) is 1. The Morgan fingerprint density at radius 1 is 1.44 bits per heavy atom. The Morgan fingerprint density at radius 3 is 3.11 bits per heavy atom. The Hall–Kier alpha value is -1.86. The van der Waals surface area contributed by atoms with E-state index in [1.54, 1.807) is 0 Å². The highest BCUT2D eigenvalue weighted by Gasteiger charge is 2.18. The highest BCUT2D eigenvalue weighted by Crippen LogP contribution is 2.18. The van der Waals surface area contributed by atoms with Gasteiger partial charge in [0.05, 0.1) is 23.5 Å². The second kappa shape index (κ2) is 4.79. The Labute approximate surface area is 106 Å². The number of hydrogen-bond donors (Lipinski definition) is 1.